The van der Waals surface area contributed by atoms with Crippen molar-refractivity contribution in [3.63, 3.8) is 0 Å². The van der Waals surface area contributed by atoms with Crippen molar-refractivity contribution in [3.8, 4) is 0 Å². The number of hydrogen-bond acceptors (Lipinski definition) is 3. The van der Waals surface area contributed by atoms with E-state index >= 15 is 0 Å². The predicted octanol–water partition coefficient (Wildman–Crippen LogP) is 3.35. The normalized spacial score (nSPS) is 9.91. The highest BCUT2D eigenvalue weighted by Gasteiger charge is 2.03. The summed E-state index contributed by atoms with van der Waals surface area (Å²) in [6.45, 7) is 1.58. The minimum atomic E-state index is -0.173. The van der Waals surface area contributed by atoms with Gasteiger partial charge in [-0.3, -0.25) is 9.59 Å². The molecule has 114 valence electrons. The second-order valence-electron chi connectivity index (χ2n) is 4.67. The van der Waals surface area contributed by atoms with E-state index < -0.39 is 0 Å². The van der Waals surface area contributed by atoms with Crippen molar-refractivity contribution in [3.05, 3.63) is 53.6 Å². The van der Waals surface area contributed by atoms with Gasteiger partial charge in [-0.1, -0.05) is 17.7 Å². The van der Waals surface area contributed by atoms with Crippen LogP contribution in [0, 0.1) is 0 Å². The molecule has 0 bridgehead atoms. The van der Waals surface area contributed by atoms with Crippen LogP contribution in [0.4, 0.5) is 17.1 Å². The minimum absolute atomic E-state index is 0.124. The number of halogens is 1. The summed E-state index contributed by atoms with van der Waals surface area (Å²) in [5.41, 5.74) is 2.15. The van der Waals surface area contributed by atoms with Gasteiger partial charge in [0.15, 0.2) is 0 Å². The highest BCUT2D eigenvalue weighted by atomic mass is 35.5. The summed E-state index contributed by atoms with van der Waals surface area (Å²) in [4.78, 5) is 22.8. The van der Waals surface area contributed by atoms with Crippen molar-refractivity contribution < 1.29 is 9.59 Å². The van der Waals surface area contributed by atoms with Gasteiger partial charge in [0.25, 0.3) is 0 Å². The van der Waals surface area contributed by atoms with Crippen molar-refractivity contribution in [1.82, 2.24) is 0 Å². The van der Waals surface area contributed by atoms with Gasteiger partial charge in [0, 0.05) is 29.0 Å². The molecule has 6 heteroatoms. The topological polar surface area (TPSA) is 70.2 Å². The summed E-state index contributed by atoms with van der Waals surface area (Å²) in [6, 6.07) is 14.1. The second-order valence-corrected chi connectivity index (χ2v) is 5.11. The van der Waals surface area contributed by atoms with Crippen LogP contribution in [0.15, 0.2) is 48.5 Å². The molecule has 2 rings (SSSR count). The third kappa shape index (κ3) is 5.10. The summed E-state index contributed by atoms with van der Waals surface area (Å²) < 4.78 is 0. The summed E-state index contributed by atoms with van der Waals surface area (Å²) >= 11 is 5.86. The number of rotatable bonds is 5. The molecule has 0 aromatic heterocycles. The van der Waals surface area contributed by atoms with Crippen LogP contribution >= 0.6 is 11.6 Å². The Hall–Kier alpha value is -2.53. The van der Waals surface area contributed by atoms with Crippen LogP contribution in [0.25, 0.3) is 0 Å². The molecule has 0 aliphatic carbocycles. The van der Waals surface area contributed by atoms with Gasteiger partial charge in [0.2, 0.25) is 11.8 Å². The molecule has 0 aliphatic heterocycles. The lowest BCUT2D eigenvalue weighted by Crippen LogP contribution is -2.21. The van der Waals surface area contributed by atoms with E-state index in [4.69, 9.17) is 11.6 Å². The van der Waals surface area contributed by atoms with E-state index in [2.05, 4.69) is 16.0 Å². The fourth-order valence-corrected chi connectivity index (χ4v) is 2.02. The largest absolute Gasteiger partial charge is 0.376 e. The van der Waals surface area contributed by atoms with Crippen LogP contribution in [-0.4, -0.2) is 18.4 Å². The lowest BCUT2D eigenvalue weighted by atomic mass is 10.2. The number of nitrogens with one attached hydrogen (secondary N) is 3. The number of carbonyl (C=O) groups excluding carboxylic acids is 2. The lowest BCUT2D eigenvalue weighted by Gasteiger charge is -2.09. The van der Waals surface area contributed by atoms with Gasteiger partial charge < -0.3 is 16.0 Å². The zero-order valence-electron chi connectivity index (χ0n) is 12.0. The molecule has 0 spiro atoms. The molecule has 0 aliphatic rings. The van der Waals surface area contributed by atoms with E-state index in [1.807, 2.05) is 0 Å². The number of amides is 2. The predicted molar refractivity (Wildman–Crippen MR) is 89.3 cm³/mol. The molecule has 22 heavy (non-hydrogen) atoms. The zero-order chi connectivity index (χ0) is 15.9. The molecule has 0 atom stereocenters. The van der Waals surface area contributed by atoms with Crippen LogP contribution < -0.4 is 16.0 Å². The fourth-order valence-electron chi connectivity index (χ4n) is 1.83. The molecule has 2 aromatic rings. The molecule has 3 N–H and O–H groups in total. The number of hydrogen-bond donors (Lipinski definition) is 3. The molecule has 5 nitrogen and oxygen atoms in total. The average Bonchev–Trinajstić information content (AvgIpc) is 2.46. The van der Waals surface area contributed by atoms with E-state index in [0.29, 0.717) is 16.4 Å². The zero-order valence-corrected chi connectivity index (χ0v) is 12.8. The van der Waals surface area contributed by atoms with Gasteiger partial charge in [-0.15, -0.1) is 0 Å². The molecule has 0 saturated carbocycles. The maximum absolute atomic E-state index is 11.8. The van der Waals surface area contributed by atoms with Gasteiger partial charge in [0.1, 0.15) is 0 Å². The van der Waals surface area contributed by atoms with Gasteiger partial charge in [-0.05, 0) is 42.5 Å². The standard InChI is InChI=1S/C16H16ClN3O2/c1-11(21)19-14-7-5-13(6-8-14)18-10-16(22)20-15-4-2-3-12(17)9-15/h2-9,18H,10H2,1H3,(H,19,21)(H,20,22). The quantitative estimate of drug-likeness (QED) is 0.792. The van der Waals surface area contributed by atoms with E-state index in [-0.39, 0.29) is 18.4 Å². The number of anilines is 3. The van der Waals surface area contributed by atoms with E-state index in [9.17, 15) is 9.59 Å². The van der Waals surface area contributed by atoms with Crippen LogP contribution in [-0.2, 0) is 9.59 Å². The van der Waals surface area contributed by atoms with E-state index in [1.165, 1.54) is 6.92 Å². The summed E-state index contributed by atoms with van der Waals surface area (Å²) in [5.74, 6) is -0.296. The van der Waals surface area contributed by atoms with Crippen molar-refractivity contribution in [2.45, 2.75) is 6.92 Å². The van der Waals surface area contributed by atoms with Crippen LogP contribution in [0.3, 0.4) is 0 Å². The van der Waals surface area contributed by atoms with Crippen LogP contribution in [0.2, 0.25) is 5.02 Å². The first-order valence-electron chi connectivity index (χ1n) is 6.70. The Balaban J connectivity index is 1.84. The van der Waals surface area contributed by atoms with Crippen molar-refractivity contribution in [2.75, 3.05) is 22.5 Å². The molecule has 0 saturated heterocycles. The summed E-state index contributed by atoms with van der Waals surface area (Å²) in [6.07, 6.45) is 0. The highest BCUT2D eigenvalue weighted by Crippen LogP contribution is 2.15. The smallest absolute Gasteiger partial charge is 0.243 e. The maximum Gasteiger partial charge on any atom is 0.243 e. The first-order chi connectivity index (χ1) is 10.5. The van der Waals surface area contributed by atoms with Gasteiger partial charge in [0.05, 0.1) is 6.54 Å². The number of carbonyl (C=O) groups is 2. The Morgan fingerprint density at radius 1 is 0.955 bits per heavy atom. The summed E-state index contributed by atoms with van der Waals surface area (Å²) in [5, 5.41) is 8.99. The Labute approximate surface area is 133 Å². The molecule has 0 heterocycles. The lowest BCUT2D eigenvalue weighted by molar-refractivity contribution is -0.115. The minimum Gasteiger partial charge on any atom is -0.376 e. The maximum atomic E-state index is 11.8. The van der Waals surface area contributed by atoms with Gasteiger partial charge in [-0.25, -0.2) is 0 Å². The first-order valence-corrected chi connectivity index (χ1v) is 7.08. The first kappa shape index (κ1) is 15.9. The molecular formula is C16H16ClN3O2. The van der Waals surface area contributed by atoms with Gasteiger partial charge >= 0.3 is 0 Å². The van der Waals surface area contributed by atoms with E-state index in [0.717, 1.165) is 5.69 Å². The van der Waals surface area contributed by atoms with E-state index in [1.54, 1.807) is 48.5 Å². The van der Waals surface area contributed by atoms with Gasteiger partial charge in [-0.2, -0.15) is 0 Å². The van der Waals surface area contributed by atoms with Crippen LogP contribution in [0.1, 0.15) is 6.92 Å². The highest BCUT2D eigenvalue weighted by molar-refractivity contribution is 6.30. The van der Waals surface area contributed by atoms with Crippen LogP contribution in [0.5, 0.6) is 0 Å². The SMILES string of the molecule is CC(=O)Nc1ccc(NCC(=O)Nc2cccc(Cl)c2)cc1. The molecule has 0 unspecified atom stereocenters. The number of benzene rings is 2. The van der Waals surface area contributed by atoms with Crippen molar-refractivity contribution >= 4 is 40.5 Å². The molecule has 0 radical (unpaired) electrons. The average molecular weight is 318 g/mol. The fraction of sp³-hybridized carbons (Fsp3) is 0.125. The molecule has 2 aromatic carbocycles. The Morgan fingerprint density at radius 2 is 1.64 bits per heavy atom. The third-order valence-corrected chi connectivity index (χ3v) is 3.00. The van der Waals surface area contributed by atoms with Crippen molar-refractivity contribution in [2.24, 2.45) is 0 Å². The third-order valence-electron chi connectivity index (χ3n) is 2.77. The Kier molecular flexibility index (Phi) is 5.38. The monoisotopic (exact) mass is 317 g/mol. The molecule has 2 amide bonds. The Morgan fingerprint density at radius 3 is 2.27 bits per heavy atom. The second kappa shape index (κ2) is 7.47. The molecular weight excluding hydrogens is 302 g/mol. The molecule has 0 fully saturated rings. The summed E-state index contributed by atoms with van der Waals surface area (Å²) in [7, 11) is 0. The Bertz CT molecular complexity index is 671. The van der Waals surface area contributed by atoms with Crippen molar-refractivity contribution in [1.29, 1.82) is 0 Å².